The van der Waals surface area contributed by atoms with Crippen LogP contribution in [0.25, 0.3) is 0 Å². The molecule has 1 aliphatic carbocycles. The van der Waals surface area contributed by atoms with Crippen molar-refractivity contribution in [2.45, 2.75) is 38.7 Å². The van der Waals surface area contributed by atoms with Crippen molar-refractivity contribution in [2.24, 2.45) is 12.5 Å². The van der Waals surface area contributed by atoms with Gasteiger partial charge in [-0.1, -0.05) is 0 Å². The number of aromatic nitrogens is 2. The molecule has 3 rings (SSSR count). The summed E-state index contributed by atoms with van der Waals surface area (Å²) in [6.45, 7) is 3.40. The molecule has 2 fully saturated rings. The number of likely N-dealkylation sites (tertiary alicyclic amines) is 1. The van der Waals surface area contributed by atoms with Gasteiger partial charge in [-0.2, -0.15) is 5.10 Å². The maximum Gasteiger partial charge on any atom is 0.272 e. The summed E-state index contributed by atoms with van der Waals surface area (Å²) in [5, 5.41) is 14.1. The quantitative estimate of drug-likeness (QED) is 0.825. The summed E-state index contributed by atoms with van der Waals surface area (Å²) in [5.41, 5.74) is 1.63. The average molecular weight is 263 g/mol. The largest absolute Gasteiger partial charge is 0.393 e. The van der Waals surface area contributed by atoms with Crippen molar-refractivity contribution >= 4 is 5.91 Å². The topological polar surface area (TPSA) is 58.4 Å². The van der Waals surface area contributed by atoms with E-state index in [0.29, 0.717) is 5.69 Å². The van der Waals surface area contributed by atoms with Gasteiger partial charge in [0.05, 0.1) is 11.8 Å². The summed E-state index contributed by atoms with van der Waals surface area (Å²) in [6.07, 6.45) is 3.74. The predicted octanol–water partition coefficient (Wildman–Crippen LogP) is 1.11. The van der Waals surface area contributed by atoms with Gasteiger partial charge >= 0.3 is 0 Å². The minimum atomic E-state index is -0.149. The first-order valence-corrected chi connectivity index (χ1v) is 7.00. The lowest BCUT2D eigenvalue weighted by molar-refractivity contribution is -0.0953. The van der Waals surface area contributed by atoms with Gasteiger partial charge in [0.2, 0.25) is 0 Å². The Labute approximate surface area is 113 Å². The number of hydrogen-bond donors (Lipinski definition) is 1. The Balaban J connectivity index is 1.68. The zero-order valence-electron chi connectivity index (χ0n) is 11.6. The lowest BCUT2D eigenvalue weighted by atomic mass is 9.61. The first-order chi connectivity index (χ1) is 9.02. The van der Waals surface area contributed by atoms with Crippen molar-refractivity contribution in [1.82, 2.24) is 14.7 Å². The highest BCUT2D eigenvalue weighted by Crippen LogP contribution is 2.49. The summed E-state index contributed by atoms with van der Waals surface area (Å²) in [5.74, 6) is 0.0618. The molecule has 1 aromatic rings. The number of amides is 1. The van der Waals surface area contributed by atoms with E-state index < -0.39 is 0 Å². The maximum absolute atomic E-state index is 12.4. The van der Waals surface area contributed by atoms with Crippen molar-refractivity contribution in [3.05, 3.63) is 17.5 Å². The molecule has 5 nitrogen and oxygen atoms in total. The van der Waals surface area contributed by atoms with Gasteiger partial charge in [0.1, 0.15) is 5.69 Å². The van der Waals surface area contributed by atoms with Crippen LogP contribution in [0.3, 0.4) is 0 Å². The number of aliphatic hydroxyl groups is 1. The van der Waals surface area contributed by atoms with Crippen molar-refractivity contribution in [3.63, 3.8) is 0 Å². The van der Waals surface area contributed by atoms with E-state index in [1.165, 1.54) is 0 Å². The van der Waals surface area contributed by atoms with Crippen molar-refractivity contribution in [3.8, 4) is 0 Å². The zero-order chi connectivity index (χ0) is 13.6. The molecule has 1 saturated heterocycles. The maximum atomic E-state index is 12.4. The van der Waals surface area contributed by atoms with Crippen molar-refractivity contribution in [2.75, 3.05) is 13.1 Å². The number of aryl methyl sites for hydroxylation is 2. The van der Waals surface area contributed by atoms with Crippen molar-refractivity contribution < 1.29 is 9.90 Å². The van der Waals surface area contributed by atoms with E-state index in [2.05, 4.69) is 5.10 Å². The van der Waals surface area contributed by atoms with E-state index in [1.807, 2.05) is 17.9 Å². The number of nitrogens with zero attached hydrogens (tertiary/aromatic N) is 3. The van der Waals surface area contributed by atoms with Crippen LogP contribution in [0, 0.1) is 12.3 Å². The van der Waals surface area contributed by atoms with Gasteiger partial charge in [-0.05, 0) is 44.1 Å². The van der Waals surface area contributed by atoms with Gasteiger partial charge in [-0.25, -0.2) is 0 Å². The Kier molecular flexibility index (Phi) is 2.89. The summed E-state index contributed by atoms with van der Waals surface area (Å²) in [7, 11) is 1.81. The highest BCUT2D eigenvalue weighted by molar-refractivity contribution is 5.92. The minimum Gasteiger partial charge on any atom is -0.393 e. The fraction of sp³-hybridized carbons (Fsp3) is 0.714. The molecule has 104 valence electrons. The van der Waals surface area contributed by atoms with Crippen LogP contribution in [-0.2, 0) is 7.05 Å². The molecule has 2 heterocycles. The molecule has 1 aliphatic heterocycles. The Bertz CT molecular complexity index is 501. The van der Waals surface area contributed by atoms with Gasteiger partial charge in [-0.3, -0.25) is 9.48 Å². The molecule has 1 amide bonds. The summed E-state index contributed by atoms with van der Waals surface area (Å²) in [4.78, 5) is 14.3. The molecule has 1 saturated carbocycles. The Morgan fingerprint density at radius 1 is 1.42 bits per heavy atom. The van der Waals surface area contributed by atoms with Crippen LogP contribution in [0.1, 0.15) is 41.9 Å². The first-order valence-electron chi connectivity index (χ1n) is 7.00. The van der Waals surface area contributed by atoms with Gasteiger partial charge < -0.3 is 10.0 Å². The standard InChI is InChI=1S/C14H21N3O2/c1-10-9-11(16(2)15-10)13(19)17-7-5-14(6-8-17)4-3-12(14)18/h9,12,18H,3-8H2,1-2H3. The average Bonchev–Trinajstić information content (AvgIpc) is 2.75. The molecule has 19 heavy (non-hydrogen) atoms. The van der Waals surface area contributed by atoms with Crippen LogP contribution in [0.15, 0.2) is 6.07 Å². The number of piperidine rings is 1. The Morgan fingerprint density at radius 2 is 2.11 bits per heavy atom. The molecule has 0 bridgehead atoms. The third-order valence-corrected chi connectivity index (χ3v) is 4.89. The van der Waals surface area contributed by atoms with Crippen LogP contribution >= 0.6 is 0 Å². The van der Waals surface area contributed by atoms with Gasteiger partial charge in [0.25, 0.3) is 5.91 Å². The predicted molar refractivity (Wildman–Crippen MR) is 70.8 cm³/mol. The molecule has 2 aliphatic rings. The van der Waals surface area contributed by atoms with Crippen LogP contribution in [-0.4, -0.2) is 44.9 Å². The summed E-state index contributed by atoms with van der Waals surface area (Å²) in [6, 6.07) is 1.84. The van der Waals surface area contributed by atoms with E-state index in [-0.39, 0.29) is 17.4 Å². The lowest BCUT2D eigenvalue weighted by Gasteiger charge is -2.51. The Hall–Kier alpha value is -1.36. The lowest BCUT2D eigenvalue weighted by Crippen LogP contribution is -2.53. The van der Waals surface area contributed by atoms with Gasteiger partial charge in [0, 0.05) is 20.1 Å². The van der Waals surface area contributed by atoms with E-state index in [4.69, 9.17) is 0 Å². The highest BCUT2D eigenvalue weighted by atomic mass is 16.3. The molecule has 1 aromatic heterocycles. The van der Waals surface area contributed by atoms with Crippen LogP contribution < -0.4 is 0 Å². The van der Waals surface area contributed by atoms with E-state index in [9.17, 15) is 9.90 Å². The molecular formula is C14H21N3O2. The molecule has 0 aromatic carbocycles. The number of hydrogen-bond acceptors (Lipinski definition) is 3. The number of aliphatic hydroxyl groups excluding tert-OH is 1. The van der Waals surface area contributed by atoms with E-state index >= 15 is 0 Å². The third-order valence-electron chi connectivity index (χ3n) is 4.89. The second-order valence-corrected chi connectivity index (χ2v) is 6.00. The number of rotatable bonds is 1. The van der Waals surface area contributed by atoms with Crippen LogP contribution in [0.4, 0.5) is 0 Å². The molecule has 1 atom stereocenters. The molecule has 1 N–H and O–H groups in total. The monoisotopic (exact) mass is 263 g/mol. The number of carbonyl (C=O) groups is 1. The molecular weight excluding hydrogens is 242 g/mol. The highest BCUT2D eigenvalue weighted by Gasteiger charge is 2.47. The first kappa shape index (κ1) is 12.7. The fourth-order valence-corrected chi connectivity index (χ4v) is 3.39. The van der Waals surface area contributed by atoms with Crippen LogP contribution in [0.2, 0.25) is 0 Å². The second-order valence-electron chi connectivity index (χ2n) is 6.00. The zero-order valence-corrected chi connectivity index (χ0v) is 11.6. The second kappa shape index (κ2) is 4.34. The molecule has 5 heteroatoms. The molecule has 1 spiro atoms. The SMILES string of the molecule is Cc1cc(C(=O)N2CCC3(CCC3O)CC2)n(C)n1. The van der Waals surface area contributed by atoms with Crippen molar-refractivity contribution in [1.29, 1.82) is 0 Å². The smallest absolute Gasteiger partial charge is 0.272 e. The Morgan fingerprint density at radius 3 is 2.53 bits per heavy atom. The molecule has 1 unspecified atom stereocenters. The summed E-state index contributed by atoms with van der Waals surface area (Å²) >= 11 is 0. The van der Waals surface area contributed by atoms with E-state index in [1.54, 1.807) is 11.7 Å². The summed E-state index contributed by atoms with van der Waals surface area (Å²) < 4.78 is 1.65. The van der Waals surface area contributed by atoms with Gasteiger partial charge in [-0.15, -0.1) is 0 Å². The number of carbonyl (C=O) groups excluding carboxylic acids is 1. The van der Waals surface area contributed by atoms with Gasteiger partial charge in [0.15, 0.2) is 0 Å². The fourth-order valence-electron chi connectivity index (χ4n) is 3.39. The third kappa shape index (κ3) is 1.96. The molecule has 0 radical (unpaired) electrons. The minimum absolute atomic E-state index is 0.0618. The van der Waals surface area contributed by atoms with E-state index in [0.717, 1.165) is 44.5 Å². The normalized spacial score (nSPS) is 25.4. The van der Waals surface area contributed by atoms with Crippen LogP contribution in [0.5, 0.6) is 0 Å².